The van der Waals surface area contributed by atoms with Crippen LogP contribution >= 0.6 is 0 Å². The molecular formula is C20H19N. The highest BCUT2D eigenvalue weighted by molar-refractivity contribution is 5.87. The molecule has 0 saturated heterocycles. The molecule has 2 aromatic rings. The van der Waals surface area contributed by atoms with E-state index in [2.05, 4.69) is 43.3 Å². The quantitative estimate of drug-likeness (QED) is 0.711. The van der Waals surface area contributed by atoms with Gasteiger partial charge in [-0.2, -0.15) is 0 Å². The minimum atomic E-state index is 0.450. The number of nitrogens with two attached hydrogens (primary N) is 1. The molecule has 4 aliphatic rings. The summed E-state index contributed by atoms with van der Waals surface area (Å²) in [5.74, 6) is 0. The Kier molecular flexibility index (Phi) is 1.44. The monoisotopic (exact) mass is 273 g/mol. The highest BCUT2D eigenvalue weighted by Crippen LogP contribution is 2.99. The second-order valence-corrected chi connectivity index (χ2v) is 7.75. The maximum atomic E-state index is 6.14. The molecule has 3 fully saturated rings. The Bertz CT molecular complexity index is 777. The molecule has 0 aromatic heterocycles. The topological polar surface area (TPSA) is 26.0 Å². The summed E-state index contributed by atoms with van der Waals surface area (Å²) in [7, 11) is 0. The van der Waals surface area contributed by atoms with E-state index in [0.717, 1.165) is 5.69 Å². The number of rotatable bonds is 0. The molecule has 1 heteroatoms. The van der Waals surface area contributed by atoms with E-state index in [4.69, 9.17) is 5.73 Å². The van der Waals surface area contributed by atoms with Crippen LogP contribution in [-0.2, 0) is 10.8 Å². The third kappa shape index (κ3) is 0.766. The summed E-state index contributed by atoms with van der Waals surface area (Å²) in [5, 5.41) is 0. The van der Waals surface area contributed by atoms with Crippen molar-refractivity contribution >= 4 is 5.69 Å². The average Bonchev–Trinajstić information content (AvgIpc) is 2.68. The van der Waals surface area contributed by atoms with Crippen molar-refractivity contribution in [2.24, 2.45) is 5.41 Å². The van der Waals surface area contributed by atoms with Crippen LogP contribution in [0.1, 0.15) is 42.4 Å². The van der Waals surface area contributed by atoms with Gasteiger partial charge in [-0.3, -0.25) is 0 Å². The second-order valence-electron chi connectivity index (χ2n) is 7.75. The van der Waals surface area contributed by atoms with E-state index in [1.165, 1.54) is 42.4 Å². The van der Waals surface area contributed by atoms with Crippen LogP contribution in [0.5, 0.6) is 0 Å². The molecule has 0 bridgehead atoms. The zero-order chi connectivity index (χ0) is 14.0. The smallest absolute Gasteiger partial charge is 0.0317 e. The first kappa shape index (κ1) is 10.9. The van der Waals surface area contributed by atoms with Crippen molar-refractivity contribution in [1.29, 1.82) is 0 Å². The molecule has 2 aromatic carbocycles. The lowest BCUT2D eigenvalue weighted by Crippen LogP contribution is -2.30. The van der Waals surface area contributed by atoms with Crippen molar-refractivity contribution in [3.63, 3.8) is 0 Å². The number of nitrogen functional groups attached to an aromatic ring is 1. The van der Waals surface area contributed by atoms with Crippen LogP contribution < -0.4 is 5.73 Å². The number of hydrogen-bond donors (Lipinski definition) is 1. The van der Waals surface area contributed by atoms with Crippen LogP contribution in [0, 0.1) is 12.3 Å². The molecule has 2 unspecified atom stereocenters. The summed E-state index contributed by atoms with van der Waals surface area (Å²) < 4.78 is 0. The maximum Gasteiger partial charge on any atom is 0.0317 e. The van der Waals surface area contributed by atoms with Crippen LogP contribution in [0.15, 0.2) is 36.4 Å². The fraction of sp³-hybridized carbons (Fsp3) is 0.400. The van der Waals surface area contributed by atoms with Gasteiger partial charge in [0.15, 0.2) is 0 Å². The summed E-state index contributed by atoms with van der Waals surface area (Å²) in [6, 6.07) is 13.7. The van der Waals surface area contributed by atoms with Crippen molar-refractivity contribution in [2.75, 3.05) is 5.73 Å². The first-order valence-electron chi connectivity index (χ1n) is 8.18. The molecule has 4 aliphatic carbocycles. The van der Waals surface area contributed by atoms with Gasteiger partial charge < -0.3 is 5.73 Å². The van der Waals surface area contributed by atoms with Crippen molar-refractivity contribution in [2.45, 2.75) is 43.4 Å². The van der Waals surface area contributed by atoms with E-state index < -0.39 is 0 Å². The molecule has 1 nitrogen and oxygen atoms in total. The summed E-state index contributed by atoms with van der Waals surface area (Å²) in [5.41, 5.74) is 16.2. The van der Waals surface area contributed by atoms with Gasteiger partial charge in [-0.1, -0.05) is 29.8 Å². The highest BCUT2D eigenvalue weighted by Gasteiger charge is 2.96. The molecule has 3 spiro atoms. The summed E-state index contributed by atoms with van der Waals surface area (Å²) in [6.45, 7) is 2.23. The minimum absolute atomic E-state index is 0.450. The van der Waals surface area contributed by atoms with Gasteiger partial charge in [-0.15, -0.1) is 0 Å². The third-order valence-corrected chi connectivity index (χ3v) is 7.58. The fourth-order valence-electron chi connectivity index (χ4n) is 6.82. The summed E-state index contributed by atoms with van der Waals surface area (Å²) in [6.07, 6.45) is 5.61. The Morgan fingerprint density at radius 1 is 0.810 bits per heavy atom. The molecular weight excluding hydrogens is 254 g/mol. The predicted octanol–water partition coefficient (Wildman–Crippen LogP) is 4.32. The second kappa shape index (κ2) is 2.77. The molecule has 104 valence electrons. The van der Waals surface area contributed by atoms with Crippen molar-refractivity contribution in [3.8, 4) is 11.1 Å². The molecule has 6 rings (SSSR count). The largest absolute Gasteiger partial charge is 0.399 e. The number of benzene rings is 2. The lowest BCUT2D eigenvalue weighted by Gasteiger charge is -2.37. The zero-order valence-electron chi connectivity index (χ0n) is 12.4. The molecule has 3 saturated carbocycles. The summed E-state index contributed by atoms with van der Waals surface area (Å²) in [4.78, 5) is 0. The highest BCUT2D eigenvalue weighted by atomic mass is 15.0. The molecule has 3 atom stereocenters. The van der Waals surface area contributed by atoms with Gasteiger partial charge in [-0.25, -0.2) is 0 Å². The molecule has 2 N–H and O–H groups in total. The van der Waals surface area contributed by atoms with Crippen molar-refractivity contribution in [1.82, 2.24) is 0 Å². The number of anilines is 1. The molecule has 0 radical (unpaired) electrons. The number of fused-ring (bicyclic) bond motifs is 3. The van der Waals surface area contributed by atoms with Crippen LogP contribution in [-0.4, -0.2) is 0 Å². The molecule has 21 heavy (non-hydrogen) atoms. The number of hydrogen-bond acceptors (Lipinski definition) is 1. The molecule has 0 amide bonds. The maximum absolute atomic E-state index is 6.14. The Morgan fingerprint density at radius 3 is 2.05 bits per heavy atom. The van der Waals surface area contributed by atoms with Gasteiger partial charge in [0.2, 0.25) is 0 Å². The van der Waals surface area contributed by atoms with Gasteiger partial charge in [0.25, 0.3) is 0 Å². The van der Waals surface area contributed by atoms with Crippen LogP contribution in [0.3, 0.4) is 0 Å². The van der Waals surface area contributed by atoms with Gasteiger partial charge in [0.1, 0.15) is 0 Å². The van der Waals surface area contributed by atoms with Crippen molar-refractivity contribution < 1.29 is 0 Å². The first-order chi connectivity index (χ1) is 10.2. The Morgan fingerprint density at radius 2 is 1.43 bits per heavy atom. The lowest BCUT2D eigenvalue weighted by molar-refractivity contribution is 0.183. The van der Waals surface area contributed by atoms with Gasteiger partial charge in [0, 0.05) is 16.5 Å². The van der Waals surface area contributed by atoms with Crippen LogP contribution in [0.4, 0.5) is 5.69 Å². The lowest BCUT2D eigenvalue weighted by atomic mass is 9.66. The van der Waals surface area contributed by atoms with E-state index in [1.807, 2.05) is 0 Å². The average molecular weight is 273 g/mol. The third-order valence-electron chi connectivity index (χ3n) is 7.58. The fourth-order valence-corrected chi connectivity index (χ4v) is 6.82. The van der Waals surface area contributed by atoms with Crippen molar-refractivity contribution in [3.05, 3.63) is 53.1 Å². The van der Waals surface area contributed by atoms with Gasteiger partial charge in [0.05, 0.1) is 0 Å². The van der Waals surface area contributed by atoms with E-state index in [-0.39, 0.29) is 0 Å². The Labute approximate surface area is 125 Å². The van der Waals surface area contributed by atoms with Gasteiger partial charge in [-0.05, 0) is 72.4 Å². The first-order valence-corrected chi connectivity index (χ1v) is 8.18. The SMILES string of the molecule is Cc1ccc2c(c1)[C@]13CCC14CCC43c1cc(N)ccc1-2. The minimum Gasteiger partial charge on any atom is -0.399 e. The molecule has 0 heterocycles. The van der Waals surface area contributed by atoms with E-state index >= 15 is 0 Å². The Hall–Kier alpha value is -1.76. The standard InChI is InChI=1S/C20H19N/c1-12-2-4-14-15-5-3-13(21)11-17(15)20-9-7-18(20)6-8-19(18,20)16(14)10-12/h2-5,10-11H,6-9,21H2,1H3/t18?,19-,20?/m1/s1. The van der Waals surface area contributed by atoms with Gasteiger partial charge >= 0.3 is 0 Å². The van der Waals surface area contributed by atoms with E-state index in [1.54, 1.807) is 11.1 Å². The normalized spacial score (nSPS) is 39.7. The van der Waals surface area contributed by atoms with Crippen LogP contribution in [0.25, 0.3) is 11.1 Å². The number of aryl methyl sites for hydroxylation is 1. The van der Waals surface area contributed by atoms with E-state index in [9.17, 15) is 0 Å². The molecule has 0 aliphatic heterocycles. The predicted molar refractivity (Wildman–Crippen MR) is 85.3 cm³/mol. The van der Waals surface area contributed by atoms with E-state index in [0.29, 0.717) is 16.2 Å². The zero-order valence-corrected chi connectivity index (χ0v) is 12.4. The summed E-state index contributed by atoms with van der Waals surface area (Å²) >= 11 is 0. The Balaban J connectivity index is 1.79. The van der Waals surface area contributed by atoms with Crippen LogP contribution in [0.2, 0.25) is 0 Å².